The summed E-state index contributed by atoms with van der Waals surface area (Å²) >= 11 is 5.89. The molecule has 1 aromatic rings. The quantitative estimate of drug-likeness (QED) is 0.747. The molecule has 3 nitrogen and oxygen atoms in total. The van der Waals surface area contributed by atoms with Gasteiger partial charge in [-0.15, -0.1) is 0 Å². The number of hydrogen-bond donors (Lipinski definition) is 0. The zero-order valence-electron chi connectivity index (χ0n) is 9.24. The van der Waals surface area contributed by atoms with Crippen LogP contribution in [-0.4, -0.2) is 36.7 Å². The Hall–Kier alpha value is -0.640. The lowest BCUT2D eigenvalue weighted by atomic mass is 10.3. The molecule has 0 aliphatic rings. The highest BCUT2D eigenvalue weighted by Crippen LogP contribution is 2.09. The molecule has 0 unspecified atom stereocenters. The van der Waals surface area contributed by atoms with Gasteiger partial charge < -0.3 is 4.74 Å². The van der Waals surface area contributed by atoms with Gasteiger partial charge in [0.05, 0.1) is 12.3 Å². The summed E-state index contributed by atoms with van der Waals surface area (Å²) in [6, 6.07) is 3.69. The predicted molar refractivity (Wildman–Crippen MR) is 62.1 cm³/mol. The first-order valence-corrected chi connectivity index (χ1v) is 5.45. The van der Waals surface area contributed by atoms with Crippen molar-refractivity contribution in [2.45, 2.75) is 13.5 Å². The molecule has 0 atom stereocenters. The van der Waals surface area contributed by atoms with Gasteiger partial charge in [0.2, 0.25) is 0 Å². The van der Waals surface area contributed by atoms with E-state index in [1.807, 2.05) is 6.07 Å². The van der Waals surface area contributed by atoms with Gasteiger partial charge >= 0.3 is 0 Å². The molecule has 1 rings (SSSR count). The molecule has 1 aromatic heterocycles. The summed E-state index contributed by atoms with van der Waals surface area (Å²) in [5, 5.41) is 0.739. The Balaban J connectivity index is 2.50. The van der Waals surface area contributed by atoms with Gasteiger partial charge in [-0.25, -0.2) is 0 Å². The molecule has 0 aliphatic carbocycles. The fourth-order valence-corrected chi connectivity index (χ4v) is 1.52. The molecular weight excluding hydrogens is 212 g/mol. The van der Waals surface area contributed by atoms with E-state index in [9.17, 15) is 0 Å². The normalized spacial score (nSPS) is 10.9. The second-order valence-electron chi connectivity index (χ2n) is 3.33. The van der Waals surface area contributed by atoms with Crippen LogP contribution in [0.1, 0.15) is 12.6 Å². The smallest absolute Gasteiger partial charge is 0.0589 e. The summed E-state index contributed by atoms with van der Waals surface area (Å²) in [6.07, 6.45) is 1.74. The molecule has 84 valence electrons. The molecule has 0 saturated carbocycles. The minimum atomic E-state index is 0.739. The lowest BCUT2D eigenvalue weighted by molar-refractivity contribution is 0.147. The molecule has 0 bridgehead atoms. The summed E-state index contributed by atoms with van der Waals surface area (Å²) in [5.74, 6) is 0. The van der Waals surface area contributed by atoms with Crippen LogP contribution >= 0.6 is 11.6 Å². The molecule has 0 amide bonds. The number of pyridine rings is 1. The molecular formula is C11H17ClN2O. The van der Waals surface area contributed by atoms with Gasteiger partial charge in [0.25, 0.3) is 0 Å². The molecule has 0 fully saturated rings. The molecule has 15 heavy (non-hydrogen) atoms. The largest absolute Gasteiger partial charge is 0.383 e. The Morgan fingerprint density at radius 3 is 2.93 bits per heavy atom. The summed E-state index contributed by atoms with van der Waals surface area (Å²) in [5.41, 5.74) is 1.00. The third kappa shape index (κ3) is 4.60. The first kappa shape index (κ1) is 12.4. The second-order valence-corrected chi connectivity index (χ2v) is 3.76. The number of rotatable bonds is 6. The highest BCUT2D eigenvalue weighted by molar-refractivity contribution is 6.30. The first-order valence-electron chi connectivity index (χ1n) is 5.08. The first-order chi connectivity index (χ1) is 7.26. The number of hydrogen-bond acceptors (Lipinski definition) is 3. The maximum atomic E-state index is 5.89. The van der Waals surface area contributed by atoms with Crippen molar-refractivity contribution in [1.82, 2.24) is 9.88 Å². The van der Waals surface area contributed by atoms with Gasteiger partial charge in [0.15, 0.2) is 0 Å². The standard InChI is InChI=1S/C11H17ClN2O/c1-3-14(6-7-15-2)9-11-8-10(12)4-5-13-11/h4-5,8H,3,6-7,9H2,1-2H3. The average Bonchev–Trinajstić information content (AvgIpc) is 2.24. The predicted octanol–water partition coefficient (Wildman–Crippen LogP) is 2.20. The van der Waals surface area contributed by atoms with Crippen molar-refractivity contribution in [3.8, 4) is 0 Å². The molecule has 0 aliphatic heterocycles. The van der Waals surface area contributed by atoms with Gasteiger partial charge in [-0.05, 0) is 18.7 Å². The van der Waals surface area contributed by atoms with Crippen molar-refractivity contribution in [3.05, 3.63) is 29.0 Å². The Morgan fingerprint density at radius 1 is 1.53 bits per heavy atom. The van der Waals surface area contributed by atoms with Crippen LogP contribution in [0.2, 0.25) is 5.02 Å². The topological polar surface area (TPSA) is 25.4 Å². The molecule has 4 heteroatoms. The Bertz CT molecular complexity index is 294. The van der Waals surface area contributed by atoms with Crippen molar-refractivity contribution >= 4 is 11.6 Å². The zero-order valence-corrected chi connectivity index (χ0v) is 10.00. The number of aromatic nitrogens is 1. The molecule has 0 saturated heterocycles. The van der Waals surface area contributed by atoms with Crippen LogP contribution in [0.25, 0.3) is 0 Å². The summed E-state index contributed by atoms with van der Waals surface area (Å²) in [6.45, 7) is 5.59. The van der Waals surface area contributed by atoms with E-state index in [0.717, 1.165) is 37.0 Å². The van der Waals surface area contributed by atoms with E-state index < -0.39 is 0 Å². The van der Waals surface area contributed by atoms with E-state index in [1.54, 1.807) is 19.4 Å². The van der Waals surface area contributed by atoms with Gasteiger partial charge in [0.1, 0.15) is 0 Å². The zero-order chi connectivity index (χ0) is 11.1. The van der Waals surface area contributed by atoms with Gasteiger partial charge in [0, 0.05) is 31.4 Å². The Labute approximate surface area is 96.0 Å². The summed E-state index contributed by atoms with van der Waals surface area (Å²) in [7, 11) is 1.71. The number of likely N-dealkylation sites (N-methyl/N-ethyl adjacent to an activating group) is 1. The SMILES string of the molecule is CCN(CCOC)Cc1cc(Cl)ccn1. The number of ether oxygens (including phenoxy) is 1. The summed E-state index contributed by atoms with van der Waals surface area (Å²) in [4.78, 5) is 6.53. The van der Waals surface area contributed by atoms with E-state index >= 15 is 0 Å². The van der Waals surface area contributed by atoms with Crippen LogP contribution in [0.15, 0.2) is 18.3 Å². The fraction of sp³-hybridized carbons (Fsp3) is 0.545. The minimum absolute atomic E-state index is 0.739. The maximum Gasteiger partial charge on any atom is 0.0589 e. The molecule has 1 heterocycles. The average molecular weight is 229 g/mol. The molecule has 0 N–H and O–H groups in total. The number of nitrogens with zero attached hydrogens (tertiary/aromatic N) is 2. The van der Waals surface area contributed by atoms with Crippen LogP contribution in [-0.2, 0) is 11.3 Å². The highest BCUT2D eigenvalue weighted by atomic mass is 35.5. The van der Waals surface area contributed by atoms with Crippen molar-refractivity contribution in [2.75, 3.05) is 26.8 Å². The van der Waals surface area contributed by atoms with Crippen LogP contribution in [0.3, 0.4) is 0 Å². The van der Waals surface area contributed by atoms with Crippen LogP contribution in [0, 0.1) is 0 Å². The second kappa shape index (κ2) is 6.77. The van der Waals surface area contributed by atoms with E-state index in [-0.39, 0.29) is 0 Å². The van der Waals surface area contributed by atoms with Crippen molar-refractivity contribution in [2.24, 2.45) is 0 Å². The van der Waals surface area contributed by atoms with Gasteiger partial charge in [-0.2, -0.15) is 0 Å². The maximum absolute atomic E-state index is 5.89. The Kier molecular flexibility index (Phi) is 5.61. The van der Waals surface area contributed by atoms with Crippen LogP contribution < -0.4 is 0 Å². The third-order valence-corrected chi connectivity index (χ3v) is 2.46. The minimum Gasteiger partial charge on any atom is -0.383 e. The van der Waals surface area contributed by atoms with Crippen LogP contribution in [0.5, 0.6) is 0 Å². The monoisotopic (exact) mass is 228 g/mol. The highest BCUT2D eigenvalue weighted by Gasteiger charge is 2.04. The van der Waals surface area contributed by atoms with E-state index in [1.165, 1.54) is 0 Å². The van der Waals surface area contributed by atoms with Gasteiger partial charge in [-0.1, -0.05) is 18.5 Å². The molecule has 0 radical (unpaired) electrons. The van der Waals surface area contributed by atoms with Crippen molar-refractivity contribution < 1.29 is 4.74 Å². The van der Waals surface area contributed by atoms with E-state index in [4.69, 9.17) is 16.3 Å². The lowest BCUT2D eigenvalue weighted by Gasteiger charge is -2.19. The van der Waals surface area contributed by atoms with Crippen LogP contribution in [0.4, 0.5) is 0 Å². The number of halogens is 1. The van der Waals surface area contributed by atoms with E-state index in [0.29, 0.717) is 0 Å². The number of methoxy groups -OCH3 is 1. The third-order valence-electron chi connectivity index (χ3n) is 2.22. The van der Waals surface area contributed by atoms with E-state index in [2.05, 4.69) is 16.8 Å². The Morgan fingerprint density at radius 2 is 2.33 bits per heavy atom. The fourth-order valence-electron chi connectivity index (χ4n) is 1.33. The molecule has 0 aromatic carbocycles. The van der Waals surface area contributed by atoms with Crippen molar-refractivity contribution in [1.29, 1.82) is 0 Å². The summed E-state index contributed by atoms with van der Waals surface area (Å²) < 4.78 is 5.05. The molecule has 0 spiro atoms. The van der Waals surface area contributed by atoms with Gasteiger partial charge in [-0.3, -0.25) is 9.88 Å². The van der Waals surface area contributed by atoms with Crippen molar-refractivity contribution in [3.63, 3.8) is 0 Å². The lowest BCUT2D eigenvalue weighted by Crippen LogP contribution is -2.27.